The molecule has 0 spiro atoms. The highest BCUT2D eigenvalue weighted by atomic mass is 32.2. The number of halogens is 1. The van der Waals surface area contributed by atoms with Crippen LogP contribution in [0.2, 0.25) is 0 Å². The van der Waals surface area contributed by atoms with E-state index in [1.165, 1.54) is 23.9 Å². The molecule has 2 aliphatic rings. The molecule has 1 N–H and O–H groups in total. The molecule has 2 atom stereocenters. The molecule has 9 heteroatoms. The minimum absolute atomic E-state index is 0.0173. The number of amides is 1. The van der Waals surface area contributed by atoms with Gasteiger partial charge in [0.25, 0.3) is 0 Å². The molecule has 0 aromatic heterocycles. The van der Waals surface area contributed by atoms with Crippen molar-refractivity contribution in [1.29, 1.82) is 0 Å². The number of hydrogen-bond acceptors (Lipinski definition) is 6. The molecule has 2 aromatic carbocycles. The molecule has 0 saturated carbocycles. The summed E-state index contributed by atoms with van der Waals surface area (Å²) in [6.07, 6.45) is 0. The van der Waals surface area contributed by atoms with Crippen molar-refractivity contribution in [2.75, 3.05) is 28.3 Å². The van der Waals surface area contributed by atoms with Crippen molar-refractivity contribution in [3.63, 3.8) is 0 Å². The summed E-state index contributed by atoms with van der Waals surface area (Å²) >= 11 is 1.37. The van der Waals surface area contributed by atoms with Crippen molar-refractivity contribution in [3.05, 3.63) is 59.4 Å². The van der Waals surface area contributed by atoms with Crippen LogP contribution in [-0.4, -0.2) is 48.8 Å². The summed E-state index contributed by atoms with van der Waals surface area (Å²) in [6.45, 7) is 3.97. The summed E-state index contributed by atoms with van der Waals surface area (Å²) < 4.78 is 37.1. The fourth-order valence-corrected chi connectivity index (χ4v) is 7.30. The fraction of sp³-hybridized carbons (Fsp3) is 0.333. The lowest BCUT2D eigenvalue weighted by Gasteiger charge is -2.24. The van der Waals surface area contributed by atoms with E-state index in [0.717, 1.165) is 11.1 Å². The normalized spacial score (nSPS) is 21.8. The van der Waals surface area contributed by atoms with Gasteiger partial charge in [-0.05, 0) is 61.4 Å². The van der Waals surface area contributed by atoms with E-state index in [2.05, 4.69) is 10.3 Å². The number of thioether (sulfide) groups is 1. The molecule has 0 radical (unpaired) electrons. The zero-order valence-corrected chi connectivity index (χ0v) is 18.3. The van der Waals surface area contributed by atoms with Gasteiger partial charge >= 0.3 is 0 Å². The monoisotopic (exact) mass is 447 g/mol. The van der Waals surface area contributed by atoms with E-state index >= 15 is 0 Å². The standard InChI is InChI=1S/C21H22FN3O3S2/c1-13-3-6-16(9-14(13)2)23-20(26)10-25(17-7-4-15(22)5-8-17)21-24-18-11-30(27,28)12-19(18)29-21/h3-9,18-19H,10-12H2,1-2H3,(H,23,26)/t18-,19-/m0/s1. The molecule has 2 aliphatic heterocycles. The average molecular weight is 448 g/mol. The van der Waals surface area contributed by atoms with Crippen LogP contribution in [0.15, 0.2) is 47.5 Å². The summed E-state index contributed by atoms with van der Waals surface area (Å²) in [5, 5.41) is 3.34. The lowest BCUT2D eigenvalue weighted by Crippen LogP contribution is -2.36. The van der Waals surface area contributed by atoms with Crippen molar-refractivity contribution in [2.45, 2.75) is 25.1 Å². The molecule has 30 heavy (non-hydrogen) atoms. The lowest BCUT2D eigenvalue weighted by molar-refractivity contribution is -0.114. The smallest absolute Gasteiger partial charge is 0.244 e. The highest BCUT2D eigenvalue weighted by Crippen LogP contribution is 2.36. The number of nitrogens with zero attached hydrogens (tertiary/aromatic N) is 2. The van der Waals surface area contributed by atoms with Crippen LogP contribution in [0.1, 0.15) is 11.1 Å². The zero-order chi connectivity index (χ0) is 21.5. The third-order valence-corrected chi connectivity index (χ3v) is 8.51. The van der Waals surface area contributed by atoms with E-state index in [0.29, 0.717) is 16.5 Å². The van der Waals surface area contributed by atoms with Gasteiger partial charge in [0.15, 0.2) is 15.0 Å². The average Bonchev–Trinajstić information content (AvgIpc) is 3.17. The van der Waals surface area contributed by atoms with E-state index in [-0.39, 0.29) is 41.1 Å². The Balaban J connectivity index is 1.56. The molecule has 1 amide bonds. The van der Waals surface area contributed by atoms with Gasteiger partial charge < -0.3 is 10.2 Å². The Kier molecular flexibility index (Phi) is 5.59. The number of carbonyl (C=O) groups excluding carboxylic acids is 1. The quantitative estimate of drug-likeness (QED) is 0.779. The second-order valence-corrected chi connectivity index (χ2v) is 11.0. The summed E-state index contributed by atoms with van der Waals surface area (Å²) in [5.74, 6) is -0.500. The van der Waals surface area contributed by atoms with Crippen molar-refractivity contribution >= 4 is 44.0 Å². The molecule has 0 unspecified atom stereocenters. The molecule has 0 aliphatic carbocycles. The maximum absolute atomic E-state index is 13.4. The zero-order valence-electron chi connectivity index (χ0n) is 16.6. The van der Waals surface area contributed by atoms with Crippen LogP contribution in [0.5, 0.6) is 0 Å². The SMILES string of the molecule is Cc1ccc(NC(=O)CN(C2=N[C@H]3CS(=O)(=O)C[C@@H]3S2)c2ccc(F)cc2)cc1C. The summed E-state index contributed by atoms with van der Waals surface area (Å²) in [5.41, 5.74) is 3.54. The molecular formula is C21H22FN3O3S2. The predicted octanol–water partition coefficient (Wildman–Crippen LogP) is 3.16. The van der Waals surface area contributed by atoms with Gasteiger partial charge in [-0.25, -0.2) is 12.8 Å². The number of sulfone groups is 1. The highest BCUT2D eigenvalue weighted by Gasteiger charge is 2.44. The summed E-state index contributed by atoms with van der Waals surface area (Å²) in [7, 11) is -3.07. The van der Waals surface area contributed by atoms with Crippen LogP contribution < -0.4 is 10.2 Å². The third kappa shape index (κ3) is 4.52. The fourth-order valence-electron chi connectivity index (χ4n) is 3.52. The Bertz CT molecular complexity index is 1120. The van der Waals surface area contributed by atoms with Gasteiger partial charge in [0.05, 0.1) is 17.5 Å². The van der Waals surface area contributed by atoms with Crippen molar-refractivity contribution < 1.29 is 17.6 Å². The number of aliphatic imine (C=N–C) groups is 1. The highest BCUT2D eigenvalue weighted by molar-refractivity contribution is 8.15. The van der Waals surface area contributed by atoms with E-state index in [9.17, 15) is 17.6 Å². The minimum Gasteiger partial charge on any atom is -0.325 e. The Morgan fingerprint density at radius 3 is 2.57 bits per heavy atom. The van der Waals surface area contributed by atoms with Crippen LogP contribution >= 0.6 is 11.8 Å². The number of fused-ring (bicyclic) bond motifs is 1. The van der Waals surface area contributed by atoms with Gasteiger partial charge in [-0.3, -0.25) is 9.79 Å². The lowest BCUT2D eigenvalue weighted by atomic mass is 10.1. The molecule has 4 rings (SSSR count). The van der Waals surface area contributed by atoms with Crippen LogP contribution in [0, 0.1) is 19.7 Å². The molecular weight excluding hydrogens is 425 g/mol. The van der Waals surface area contributed by atoms with E-state index < -0.39 is 9.84 Å². The van der Waals surface area contributed by atoms with Gasteiger partial charge in [0, 0.05) is 16.6 Å². The first-order valence-corrected chi connectivity index (χ1v) is 12.3. The first kappa shape index (κ1) is 20.9. The molecule has 6 nitrogen and oxygen atoms in total. The number of carbonyl (C=O) groups is 1. The number of anilines is 2. The van der Waals surface area contributed by atoms with Crippen molar-refractivity contribution in [2.24, 2.45) is 4.99 Å². The molecule has 1 fully saturated rings. The van der Waals surface area contributed by atoms with Crippen LogP contribution in [0.4, 0.5) is 15.8 Å². The first-order chi connectivity index (χ1) is 14.2. The maximum atomic E-state index is 13.4. The van der Waals surface area contributed by atoms with E-state index in [4.69, 9.17) is 0 Å². The Morgan fingerprint density at radius 2 is 1.90 bits per heavy atom. The molecule has 158 valence electrons. The van der Waals surface area contributed by atoms with E-state index in [1.54, 1.807) is 17.0 Å². The topological polar surface area (TPSA) is 78.8 Å². The number of nitrogens with one attached hydrogen (secondary N) is 1. The molecule has 1 saturated heterocycles. The maximum Gasteiger partial charge on any atom is 0.244 e. The van der Waals surface area contributed by atoms with E-state index in [1.807, 2.05) is 32.0 Å². The molecule has 2 heterocycles. The Labute approximate surface area is 179 Å². The molecule has 2 aromatic rings. The van der Waals surface area contributed by atoms with Crippen LogP contribution in [0.3, 0.4) is 0 Å². The molecule has 0 bridgehead atoms. The van der Waals surface area contributed by atoms with Gasteiger partial charge in [-0.15, -0.1) is 0 Å². The van der Waals surface area contributed by atoms with Crippen LogP contribution in [-0.2, 0) is 14.6 Å². The van der Waals surface area contributed by atoms with Gasteiger partial charge in [0.1, 0.15) is 12.4 Å². The largest absolute Gasteiger partial charge is 0.325 e. The second-order valence-electron chi connectivity index (χ2n) is 7.62. The summed E-state index contributed by atoms with van der Waals surface area (Å²) in [6, 6.07) is 11.2. The number of rotatable bonds is 4. The number of amidine groups is 1. The second kappa shape index (κ2) is 8.03. The van der Waals surface area contributed by atoms with Gasteiger partial charge in [-0.2, -0.15) is 0 Å². The Hall–Kier alpha value is -2.39. The third-order valence-electron chi connectivity index (χ3n) is 5.27. The number of aryl methyl sites for hydroxylation is 2. The van der Waals surface area contributed by atoms with Crippen molar-refractivity contribution in [1.82, 2.24) is 0 Å². The van der Waals surface area contributed by atoms with Gasteiger partial charge in [-0.1, -0.05) is 17.8 Å². The number of benzene rings is 2. The predicted molar refractivity (Wildman–Crippen MR) is 120 cm³/mol. The Morgan fingerprint density at radius 1 is 1.17 bits per heavy atom. The first-order valence-electron chi connectivity index (χ1n) is 9.55. The van der Waals surface area contributed by atoms with Crippen molar-refractivity contribution in [3.8, 4) is 0 Å². The summed E-state index contributed by atoms with van der Waals surface area (Å²) in [4.78, 5) is 19.1. The minimum atomic E-state index is -3.07. The van der Waals surface area contributed by atoms with Crippen LogP contribution in [0.25, 0.3) is 0 Å². The number of hydrogen-bond donors (Lipinski definition) is 1. The van der Waals surface area contributed by atoms with Gasteiger partial charge in [0.2, 0.25) is 5.91 Å².